The number of hydrogen-bond donors (Lipinski definition) is 1. The van der Waals surface area contributed by atoms with E-state index in [1.807, 2.05) is 35.2 Å². The molecule has 0 spiro atoms. The van der Waals surface area contributed by atoms with Crippen LogP contribution in [0.2, 0.25) is 0 Å². The number of rotatable bonds is 6. The van der Waals surface area contributed by atoms with Crippen molar-refractivity contribution in [1.29, 1.82) is 0 Å². The fraction of sp³-hybridized carbons (Fsp3) is 0.320. The van der Waals surface area contributed by atoms with E-state index in [2.05, 4.69) is 41.2 Å². The molecule has 6 heteroatoms. The van der Waals surface area contributed by atoms with Crippen LogP contribution >= 0.6 is 0 Å². The highest BCUT2D eigenvalue weighted by molar-refractivity contribution is 5.91. The summed E-state index contributed by atoms with van der Waals surface area (Å²) >= 11 is 0. The minimum atomic E-state index is -0.294. The number of nitrogens with zero attached hydrogens (tertiary/aromatic N) is 3. The van der Waals surface area contributed by atoms with Gasteiger partial charge in [0, 0.05) is 38.6 Å². The van der Waals surface area contributed by atoms with Crippen molar-refractivity contribution in [2.45, 2.75) is 19.8 Å². The average molecular weight is 417 g/mol. The fourth-order valence-electron chi connectivity index (χ4n) is 4.27. The summed E-state index contributed by atoms with van der Waals surface area (Å²) in [4.78, 5) is 37.1. The molecule has 1 aliphatic rings. The van der Waals surface area contributed by atoms with Crippen molar-refractivity contribution >= 4 is 11.8 Å². The van der Waals surface area contributed by atoms with E-state index in [-0.39, 0.29) is 17.7 Å². The van der Waals surface area contributed by atoms with Gasteiger partial charge in [-0.2, -0.15) is 0 Å². The third kappa shape index (κ3) is 4.68. The van der Waals surface area contributed by atoms with Gasteiger partial charge in [0.2, 0.25) is 5.91 Å². The Hall–Kier alpha value is -3.41. The molecule has 1 saturated heterocycles. The lowest BCUT2D eigenvalue weighted by atomic mass is 9.91. The highest BCUT2D eigenvalue weighted by atomic mass is 16.2. The lowest BCUT2D eigenvalue weighted by Crippen LogP contribution is -2.38. The first-order chi connectivity index (χ1) is 15.2. The van der Waals surface area contributed by atoms with Crippen molar-refractivity contribution in [3.8, 4) is 11.1 Å². The molecule has 6 nitrogen and oxygen atoms in total. The Labute approximate surface area is 182 Å². The molecular formula is C25H28N4O2. The molecule has 160 valence electrons. The van der Waals surface area contributed by atoms with Crippen LogP contribution in [0.1, 0.15) is 29.5 Å². The van der Waals surface area contributed by atoms with Crippen molar-refractivity contribution in [2.24, 2.45) is 5.92 Å². The molecule has 1 unspecified atom stereocenters. The van der Waals surface area contributed by atoms with E-state index in [0.717, 1.165) is 23.1 Å². The van der Waals surface area contributed by atoms with Crippen LogP contribution in [0.3, 0.4) is 0 Å². The smallest absolute Gasteiger partial charge is 0.289 e. The number of aromatic nitrogens is 2. The second-order valence-electron chi connectivity index (χ2n) is 7.94. The van der Waals surface area contributed by atoms with Crippen molar-refractivity contribution in [3.05, 3.63) is 78.4 Å². The predicted octanol–water partition coefficient (Wildman–Crippen LogP) is 3.63. The number of H-pyrrole nitrogens is 1. The summed E-state index contributed by atoms with van der Waals surface area (Å²) in [5.74, 6) is -0.00500. The molecule has 1 aromatic heterocycles. The number of imidazole rings is 1. The zero-order chi connectivity index (χ0) is 21.6. The van der Waals surface area contributed by atoms with Gasteiger partial charge in [0.25, 0.3) is 5.91 Å². The number of carbonyl (C=O) groups excluding carboxylic acids is 2. The van der Waals surface area contributed by atoms with Crippen molar-refractivity contribution < 1.29 is 9.59 Å². The zero-order valence-corrected chi connectivity index (χ0v) is 17.8. The van der Waals surface area contributed by atoms with Gasteiger partial charge in [0.15, 0.2) is 5.82 Å². The van der Waals surface area contributed by atoms with Gasteiger partial charge in [-0.25, -0.2) is 4.98 Å². The Bertz CT molecular complexity index is 1020. The molecule has 2 aromatic carbocycles. The molecule has 1 aliphatic heterocycles. The lowest BCUT2D eigenvalue weighted by molar-refractivity contribution is -0.134. The maximum atomic E-state index is 13.4. The van der Waals surface area contributed by atoms with Crippen LogP contribution in [0.5, 0.6) is 0 Å². The van der Waals surface area contributed by atoms with E-state index >= 15 is 0 Å². The van der Waals surface area contributed by atoms with Crippen LogP contribution in [0.15, 0.2) is 67.0 Å². The largest absolute Gasteiger partial charge is 0.341 e. The summed E-state index contributed by atoms with van der Waals surface area (Å²) in [6.07, 6.45) is 4.71. The average Bonchev–Trinajstić information content (AvgIpc) is 3.30. The quantitative estimate of drug-likeness (QED) is 0.667. The summed E-state index contributed by atoms with van der Waals surface area (Å²) < 4.78 is 0. The molecule has 1 N–H and O–H groups in total. The van der Waals surface area contributed by atoms with Crippen molar-refractivity contribution in [2.75, 3.05) is 26.2 Å². The summed E-state index contributed by atoms with van der Waals surface area (Å²) in [7, 11) is 0. The first-order valence-corrected chi connectivity index (χ1v) is 10.9. The number of aromatic amines is 1. The summed E-state index contributed by atoms with van der Waals surface area (Å²) in [6.45, 7) is 4.24. The molecule has 0 aliphatic carbocycles. The second kappa shape index (κ2) is 9.60. The van der Waals surface area contributed by atoms with Crippen molar-refractivity contribution in [3.63, 3.8) is 0 Å². The first-order valence-electron chi connectivity index (χ1n) is 10.9. The third-order valence-corrected chi connectivity index (χ3v) is 5.79. The number of amides is 2. The summed E-state index contributed by atoms with van der Waals surface area (Å²) in [5, 5.41) is 0. The number of hydrogen-bond acceptors (Lipinski definition) is 3. The minimum Gasteiger partial charge on any atom is -0.341 e. The molecule has 2 heterocycles. The van der Waals surface area contributed by atoms with Gasteiger partial charge in [-0.15, -0.1) is 0 Å². The molecule has 0 radical (unpaired) electrons. The molecule has 0 saturated carbocycles. The van der Waals surface area contributed by atoms with Gasteiger partial charge in [-0.05, 0) is 29.5 Å². The first kappa shape index (κ1) is 20.8. The molecule has 1 atom stereocenters. The maximum Gasteiger partial charge on any atom is 0.289 e. The van der Waals surface area contributed by atoms with Crippen molar-refractivity contribution in [1.82, 2.24) is 19.8 Å². The van der Waals surface area contributed by atoms with Gasteiger partial charge >= 0.3 is 0 Å². The normalized spacial score (nSPS) is 16.9. The Morgan fingerprint density at radius 2 is 1.87 bits per heavy atom. The van der Waals surface area contributed by atoms with Gasteiger partial charge in [0.05, 0.1) is 5.92 Å². The van der Waals surface area contributed by atoms with Crippen LogP contribution in [0.4, 0.5) is 0 Å². The predicted molar refractivity (Wildman–Crippen MR) is 120 cm³/mol. The maximum absolute atomic E-state index is 13.4. The Morgan fingerprint density at radius 1 is 1.10 bits per heavy atom. The highest BCUT2D eigenvalue weighted by Gasteiger charge is 2.33. The standard InChI is InChI=1S/C25H28N4O2/c1-2-14-28-15-16-29(25(31)23-26-12-13-27-23)18-21(24(28)30)17-20-10-6-7-11-22(20)19-8-4-3-5-9-19/h3-13,21H,2,14-18H2,1H3,(H,26,27). The van der Waals surface area contributed by atoms with Crippen LogP contribution in [-0.4, -0.2) is 57.8 Å². The lowest BCUT2D eigenvalue weighted by Gasteiger charge is -2.24. The molecule has 2 amide bonds. The fourth-order valence-corrected chi connectivity index (χ4v) is 4.27. The molecule has 1 fully saturated rings. The minimum absolute atomic E-state index is 0.124. The topological polar surface area (TPSA) is 69.3 Å². The van der Waals surface area contributed by atoms with E-state index in [1.54, 1.807) is 17.3 Å². The third-order valence-electron chi connectivity index (χ3n) is 5.79. The summed E-state index contributed by atoms with van der Waals surface area (Å²) in [5.41, 5.74) is 3.38. The summed E-state index contributed by atoms with van der Waals surface area (Å²) in [6, 6.07) is 18.4. The zero-order valence-electron chi connectivity index (χ0n) is 17.8. The van der Waals surface area contributed by atoms with Crippen LogP contribution in [0.25, 0.3) is 11.1 Å². The van der Waals surface area contributed by atoms with Gasteiger partial charge in [-0.3, -0.25) is 9.59 Å². The van der Waals surface area contributed by atoms with Crippen LogP contribution in [0, 0.1) is 5.92 Å². The SMILES string of the molecule is CCCN1CCN(C(=O)c2ncc[nH]2)CC(Cc2ccccc2-c2ccccc2)C1=O. The molecule has 4 rings (SSSR count). The molecule has 3 aromatic rings. The van der Waals surface area contributed by atoms with Gasteiger partial charge in [0.1, 0.15) is 0 Å². The van der Waals surface area contributed by atoms with Crippen LogP contribution in [-0.2, 0) is 11.2 Å². The Morgan fingerprint density at radius 3 is 2.61 bits per heavy atom. The number of benzene rings is 2. The van der Waals surface area contributed by atoms with Gasteiger partial charge < -0.3 is 14.8 Å². The number of nitrogens with one attached hydrogen (secondary N) is 1. The molecular weight excluding hydrogens is 388 g/mol. The van der Waals surface area contributed by atoms with E-state index in [1.165, 1.54) is 0 Å². The second-order valence-corrected chi connectivity index (χ2v) is 7.94. The van der Waals surface area contributed by atoms with E-state index < -0.39 is 0 Å². The Kier molecular flexibility index (Phi) is 6.46. The van der Waals surface area contributed by atoms with E-state index in [0.29, 0.717) is 38.4 Å². The molecule has 0 bridgehead atoms. The van der Waals surface area contributed by atoms with E-state index in [9.17, 15) is 9.59 Å². The molecule has 31 heavy (non-hydrogen) atoms. The van der Waals surface area contributed by atoms with Gasteiger partial charge in [-0.1, -0.05) is 61.5 Å². The highest BCUT2D eigenvalue weighted by Crippen LogP contribution is 2.27. The van der Waals surface area contributed by atoms with Crippen LogP contribution < -0.4 is 0 Å². The number of carbonyl (C=O) groups is 2. The Balaban J connectivity index is 1.63. The monoisotopic (exact) mass is 416 g/mol. The van der Waals surface area contributed by atoms with E-state index in [4.69, 9.17) is 0 Å².